The summed E-state index contributed by atoms with van der Waals surface area (Å²) in [7, 11) is 0. The van der Waals surface area contributed by atoms with Gasteiger partial charge in [0, 0.05) is 23.6 Å². The zero-order valence-corrected chi connectivity index (χ0v) is 17.2. The maximum absolute atomic E-state index is 14.2. The molecule has 7 heteroatoms. The fourth-order valence-electron chi connectivity index (χ4n) is 3.44. The van der Waals surface area contributed by atoms with Crippen LogP contribution in [0.3, 0.4) is 0 Å². The molecule has 29 heavy (non-hydrogen) atoms. The highest BCUT2D eigenvalue weighted by molar-refractivity contribution is 6.31. The normalized spacial score (nSPS) is 17.2. The fourth-order valence-corrected chi connectivity index (χ4v) is 3.60. The van der Waals surface area contributed by atoms with Crippen LogP contribution in [0.25, 0.3) is 11.4 Å². The molecule has 5 nitrogen and oxygen atoms in total. The van der Waals surface area contributed by atoms with E-state index in [9.17, 15) is 9.18 Å². The zero-order chi connectivity index (χ0) is 20.8. The van der Waals surface area contributed by atoms with Gasteiger partial charge >= 0.3 is 0 Å². The van der Waals surface area contributed by atoms with Crippen LogP contribution in [0.5, 0.6) is 0 Å². The summed E-state index contributed by atoms with van der Waals surface area (Å²) >= 11 is 5.96. The highest BCUT2D eigenvalue weighted by atomic mass is 35.5. The van der Waals surface area contributed by atoms with E-state index in [1.54, 1.807) is 0 Å². The van der Waals surface area contributed by atoms with Gasteiger partial charge in [-0.1, -0.05) is 61.8 Å². The van der Waals surface area contributed by atoms with Gasteiger partial charge in [-0.2, -0.15) is 4.98 Å². The van der Waals surface area contributed by atoms with Gasteiger partial charge < -0.3 is 9.42 Å². The lowest BCUT2D eigenvalue weighted by Gasteiger charge is -2.18. The molecule has 1 aliphatic rings. The van der Waals surface area contributed by atoms with Crippen LogP contribution in [0.1, 0.15) is 44.6 Å². The molecule has 0 spiro atoms. The van der Waals surface area contributed by atoms with Crippen LogP contribution in [-0.4, -0.2) is 22.6 Å². The Kier molecular flexibility index (Phi) is 4.90. The van der Waals surface area contributed by atoms with Crippen LogP contribution in [0.4, 0.5) is 10.1 Å². The lowest BCUT2D eigenvalue weighted by atomic mass is 9.87. The Morgan fingerprint density at radius 1 is 1.17 bits per heavy atom. The van der Waals surface area contributed by atoms with E-state index < -0.39 is 5.82 Å². The molecule has 0 saturated carbocycles. The van der Waals surface area contributed by atoms with Crippen LogP contribution < -0.4 is 4.90 Å². The predicted molar refractivity (Wildman–Crippen MR) is 110 cm³/mol. The molecule has 1 unspecified atom stereocenters. The number of hydrogen-bond donors (Lipinski definition) is 0. The number of amides is 1. The molecule has 2 aromatic carbocycles. The monoisotopic (exact) mass is 413 g/mol. The minimum Gasteiger partial charge on any atom is -0.339 e. The molecule has 1 aliphatic heterocycles. The summed E-state index contributed by atoms with van der Waals surface area (Å²) in [6.07, 6.45) is 0.177. The van der Waals surface area contributed by atoms with Crippen molar-refractivity contribution in [2.75, 3.05) is 11.4 Å². The van der Waals surface area contributed by atoms with E-state index in [2.05, 4.69) is 30.9 Å². The molecule has 1 amide bonds. The topological polar surface area (TPSA) is 59.2 Å². The molecule has 3 aromatic rings. The van der Waals surface area contributed by atoms with Gasteiger partial charge in [-0.3, -0.25) is 4.79 Å². The van der Waals surface area contributed by atoms with Crippen molar-refractivity contribution in [3.63, 3.8) is 0 Å². The molecule has 4 rings (SSSR count). The Bertz CT molecular complexity index is 1060. The highest BCUT2D eigenvalue weighted by Crippen LogP contribution is 2.34. The summed E-state index contributed by atoms with van der Waals surface area (Å²) < 4.78 is 19.6. The molecular weight excluding hydrogens is 393 g/mol. The van der Waals surface area contributed by atoms with Gasteiger partial charge in [0.1, 0.15) is 5.82 Å². The number of carbonyl (C=O) groups excluding carboxylic acids is 1. The number of nitrogens with zero attached hydrogens (tertiary/aromatic N) is 3. The second kappa shape index (κ2) is 7.26. The molecule has 150 valence electrons. The van der Waals surface area contributed by atoms with Crippen molar-refractivity contribution in [3.8, 4) is 11.4 Å². The Labute approximate surface area is 173 Å². The standard InChI is InChI=1S/C22H21ClFN3O2/c1-22(2,3)15-6-4-13(5-7-15)20-25-21(29-26-20)14-10-19(28)27(12-14)18-11-16(23)8-9-17(18)24/h4-9,11,14H,10,12H2,1-3H3. The number of aromatic nitrogens is 2. The van der Waals surface area contributed by atoms with Gasteiger partial charge in [-0.15, -0.1) is 0 Å². The second-order valence-corrected chi connectivity index (χ2v) is 8.72. The number of benzene rings is 2. The van der Waals surface area contributed by atoms with Crippen LogP contribution in [0.15, 0.2) is 47.0 Å². The lowest BCUT2D eigenvalue weighted by molar-refractivity contribution is -0.117. The third-order valence-electron chi connectivity index (χ3n) is 5.12. The molecule has 0 radical (unpaired) electrons. The van der Waals surface area contributed by atoms with Crippen molar-refractivity contribution < 1.29 is 13.7 Å². The molecule has 0 N–H and O–H groups in total. The molecule has 1 aromatic heterocycles. The Morgan fingerprint density at radius 3 is 2.59 bits per heavy atom. The van der Waals surface area contributed by atoms with Crippen molar-refractivity contribution in [1.29, 1.82) is 0 Å². The number of carbonyl (C=O) groups is 1. The summed E-state index contributed by atoms with van der Waals surface area (Å²) in [6, 6.07) is 12.2. The van der Waals surface area contributed by atoms with E-state index in [0.29, 0.717) is 16.7 Å². The maximum atomic E-state index is 14.2. The van der Waals surface area contributed by atoms with Crippen LogP contribution in [0.2, 0.25) is 5.02 Å². The predicted octanol–water partition coefficient (Wildman–Crippen LogP) is 5.35. The van der Waals surface area contributed by atoms with Gasteiger partial charge in [0.25, 0.3) is 0 Å². The summed E-state index contributed by atoms with van der Waals surface area (Å²) in [5.74, 6) is -0.145. The number of hydrogen-bond acceptors (Lipinski definition) is 4. The van der Waals surface area contributed by atoms with E-state index in [-0.39, 0.29) is 35.9 Å². The SMILES string of the molecule is CC(C)(C)c1ccc(-c2noc(C3CC(=O)N(c4cc(Cl)ccc4F)C3)n2)cc1. The van der Waals surface area contributed by atoms with Crippen LogP contribution in [0, 0.1) is 5.82 Å². The van der Waals surface area contributed by atoms with E-state index in [1.807, 2.05) is 24.3 Å². The van der Waals surface area contributed by atoms with Gasteiger partial charge in [0.05, 0.1) is 11.6 Å². The number of rotatable bonds is 3. The van der Waals surface area contributed by atoms with Crippen molar-refractivity contribution >= 4 is 23.2 Å². The Hall–Kier alpha value is -2.73. The van der Waals surface area contributed by atoms with E-state index in [0.717, 1.165) is 5.56 Å². The lowest BCUT2D eigenvalue weighted by Crippen LogP contribution is -2.25. The summed E-state index contributed by atoms with van der Waals surface area (Å²) in [5.41, 5.74) is 2.28. The fraction of sp³-hybridized carbons (Fsp3) is 0.318. The van der Waals surface area contributed by atoms with Gasteiger partial charge in [0.15, 0.2) is 0 Å². The van der Waals surface area contributed by atoms with E-state index in [4.69, 9.17) is 16.1 Å². The molecular formula is C22H21ClFN3O2. The van der Waals surface area contributed by atoms with E-state index >= 15 is 0 Å². The maximum Gasteiger partial charge on any atom is 0.232 e. The van der Waals surface area contributed by atoms with Crippen LogP contribution in [-0.2, 0) is 10.2 Å². The zero-order valence-electron chi connectivity index (χ0n) is 16.4. The average molecular weight is 414 g/mol. The minimum atomic E-state index is -0.492. The minimum absolute atomic E-state index is 0.0597. The first-order valence-corrected chi connectivity index (χ1v) is 9.80. The summed E-state index contributed by atoms with van der Waals surface area (Å²) in [6.45, 7) is 6.72. The van der Waals surface area contributed by atoms with Gasteiger partial charge in [-0.25, -0.2) is 4.39 Å². The number of anilines is 1. The number of halogens is 2. The first-order valence-electron chi connectivity index (χ1n) is 9.42. The third-order valence-corrected chi connectivity index (χ3v) is 5.36. The van der Waals surface area contributed by atoms with Crippen molar-refractivity contribution in [2.24, 2.45) is 0 Å². The first-order chi connectivity index (χ1) is 13.7. The molecule has 1 saturated heterocycles. The average Bonchev–Trinajstić information content (AvgIpc) is 3.30. The molecule has 1 atom stereocenters. The van der Waals surface area contributed by atoms with Crippen molar-refractivity contribution in [3.05, 3.63) is 64.8 Å². The Morgan fingerprint density at radius 2 is 1.90 bits per heavy atom. The van der Waals surface area contributed by atoms with Crippen molar-refractivity contribution in [2.45, 2.75) is 38.5 Å². The third kappa shape index (κ3) is 3.90. The van der Waals surface area contributed by atoms with Gasteiger partial charge in [0.2, 0.25) is 17.6 Å². The van der Waals surface area contributed by atoms with Crippen molar-refractivity contribution in [1.82, 2.24) is 10.1 Å². The second-order valence-electron chi connectivity index (χ2n) is 8.28. The molecule has 2 heterocycles. The molecule has 0 bridgehead atoms. The molecule has 0 aliphatic carbocycles. The smallest absolute Gasteiger partial charge is 0.232 e. The van der Waals surface area contributed by atoms with Crippen LogP contribution >= 0.6 is 11.6 Å². The highest BCUT2D eigenvalue weighted by Gasteiger charge is 2.36. The summed E-state index contributed by atoms with van der Waals surface area (Å²) in [5, 5.41) is 4.44. The van der Waals surface area contributed by atoms with E-state index in [1.165, 1.54) is 28.7 Å². The molecule has 1 fully saturated rings. The summed E-state index contributed by atoms with van der Waals surface area (Å²) in [4.78, 5) is 18.3. The quantitative estimate of drug-likeness (QED) is 0.581. The Balaban J connectivity index is 1.54. The van der Waals surface area contributed by atoms with Gasteiger partial charge in [-0.05, 0) is 29.2 Å². The first kappa shape index (κ1) is 19.6. The largest absolute Gasteiger partial charge is 0.339 e.